The number of hydrogen-bond donors (Lipinski definition) is 0. The van der Waals surface area contributed by atoms with Crippen molar-refractivity contribution in [1.82, 2.24) is 0 Å². The highest BCUT2D eigenvalue weighted by atomic mass is 79.9. The molecule has 19 heavy (non-hydrogen) atoms. The summed E-state index contributed by atoms with van der Waals surface area (Å²) in [5, 5.41) is 0. The first kappa shape index (κ1) is 14.3. The molecule has 0 unspecified atom stereocenters. The summed E-state index contributed by atoms with van der Waals surface area (Å²) in [6.07, 6.45) is 4.41. The topological polar surface area (TPSA) is 0 Å². The molecule has 2 aromatic carbocycles. The van der Waals surface area contributed by atoms with E-state index < -0.39 is 0 Å². The molecule has 100 valence electrons. The molecule has 0 spiro atoms. The van der Waals surface area contributed by atoms with E-state index in [9.17, 15) is 4.39 Å². The van der Waals surface area contributed by atoms with E-state index in [2.05, 4.69) is 22.9 Å². The van der Waals surface area contributed by atoms with E-state index in [1.807, 2.05) is 42.5 Å². The zero-order valence-electron chi connectivity index (χ0n) is 11.1. The van der Waals surface area contributed by atoms with E-state index in [1.165, 1.54) is 12.8 Å². The van der Waals surface area contributed by atoms with Gasteiger partial charge in [-0.25, -0.2) is 4.39 Å². The SMILES string of the molecule is CCCCCc1ccc(-c2ccccc2)c(F)c1Br. The fourth-order valence-electron chi connectivity index (χ4n) is 2.19. The number of unbranched alkanes of at least 4 members (excludes halogenated alkanes) is 2. The third-order valence-electron chi connectivity index (χ3n) is 3.30. The summed E-state index contributed by atoms with van der Waals surface area (Å²) in [5.74, 6) is -0.153. The molecular formula is C17H18BrF. The normalized spacial score (nSPS) is 10.7. The fourth-order valence-corrected chi connectivity index (χ4v) is 2.73. The summed E-state index contributed by atoms with van der Waals surface area (Å²) in [6, 6.07) is 13.6. The molecule has 0 fully saturated rings. The maximum atomic E-state index is 14.4. The second-order valence-electron chi connectivity index (χ2n) is 4.72. The summed E-state index contributed by atoms with van der Waals surface area (Å²) in [5.41, 5.74) is 2.64. The molecule has 0 bridgehead atoms. The molecule has 0 radical (unpaired) electrons. The van der Waals surface area contributed by atoms with Crippen molar-refractivity contribution >= 4 is 15.9 Å². The number of rotatable bonds is 5. The first-order chi connectivity index (χ1) is 9.24. The largest absolute Gasteiger partial charge is 0.205 e. The van der Waals surface area contributed by atoms with Gasteiger partial charge in [0.05, 0.1) is 4.47 Å². The lowest BCUT2D eigenvalue weighted by atomic mass is 10.0. The van der Waals surface area contributed by atoms with E-state index in [0.29, 0.717) is 10.0 Å². The molecule has 0 heterocycles. The Balaban J connectivity index is 2.27. The van der Waals surface area contributed by atoms with Crippen molar-refractivity contribution in [2.45, 2.75) is 32.6 Å². The quantitative estimate of drug-likeness (QED) is 0.594. The van der Waals surface area contributed by atoms with Crippen molar-refractivity contribution in [2.75, 3.05) is 0 Å². The van der Waals surface area contributed by atoms with Crippen LogP contribution in [0, 0.1) is 5.82 Å². The molecule has 0 N–H and O–H groups in total. The van der Waals surface area contributed by atoms with Crippen LogP contribution in [0.5, 0.6) is 0 Å². The van der Waals surface area contributed by atoms with Crippen LogP contribution in [0.2, 0.25) is 0 Å². The smallest absolute Gasteiger partial charge is 0.145 e. The van der Waals surface area contributed by atoms with Crippen molar-refractivity contribution in [3.63, 3.8) is 0 Å². The second kappa shape index (κ2) is 6.85. The van der Waals surface area contributed by atoms with Crippen molar-refractivity contribution in [3.8, 4) is 11.1 Å². The molecule has 2 rings (SSSR count). The van der Waals surface area contributed by atoms with Crippen molar-refractivity contribution in [1.29, 1.82) is 0 Å². The van der Waals surface area contributed by atoms with E-state index >= 15 is 0 Å². The maximum absolute atomic E-state index is 14.4. The van der Waals surface area contributed by atoms with Crippen molar-refractivity contribution < 1.29 is 4.39 Å². The van der Waals surface area contributed by atoms with Crippen LogP contribution in [-0.4, -0.2) is 0 Å². The Kier molecular flexibility index (Phi) is 5.15. The fraction of sp³-hybridized carbons (Fsp3) is 0.294. The molecule has 0 aliphatic carbocycles. The van der Waals surface area contributed by atoms with E-state index in [4.69, 9.17) is 0 Å². The average molecular weight is 321 g/mol. The third-order valence-corrected chi connectivity index (χ3v) is 4.15. The van der Waals surface area contributed by atoms with Crippen LogP contribution in [0.4, 0.5) is 4.39 Å². The predicted octanol–water partition coefficient (Wildman–Crippen LogP) is 5.99. The number of aryl methyl sites for hydroxylation is 1. The van der Waals surface area contributed by atoms with Gasteiger partial charge in [0.2, 0.25) is 0 Å². The highest BCUT2D eigenvalue weighted by molar-refractivity contribution is 9.10. The molecule has 0 saturated carbocycles. The van der Waals surface area contributed by atoms with Gasteiger partial charge in [-0.2, -0.15) is 0 Å². The van der Waals surface area contributed by atoms with E-state index in [-0.39, 0.29) is 5.82 Å². The Morgan fingerprint density at radius 1 is 1.00 bits per heavy atom. The Morgan fingerprint density at radius 3 is 2.42 bits per heavy atom. The van der Waals surface area contributed by atoms with Gasteiger partial charge in [0.25, 0.3) is 0 Å². The Labute approximate surface area is 122 Å². The van der Waals surface area contributed by atoms with Gasteiger partial charge in [-0.15, -0.1) is 0 Å². The highest BCUT2D eigenvalue weighted by Crippen LogP contribution is 2.31. The third kappa shape index (κ3) is 3.44. The molecule has 2 aromatic rings. The van der Waals surface area contributed by atoms with Gasteiger partial charge in [-0.3, -0.25) is 0 Å². The summed E-state index contributed by atoms with van der Waals surface area (Å²) >= 11 is 3.41. The van der Waals surface area contributed by atoms with Crippen LogP contribution in [-0.2, 0) is 6.42 Å². The zero-order chi connectivity index (χ0) is 13.7. The van der Waals surface area contributed by atoms with Crippen LogP contribution in [0.3, 0.4) is 0 Å². The molecule has 0 amide bonds. The van der Waals surface area contributed by atoms with Gasteiger partial charge in [-0.1, -0.05) is 62.2 Å². The summed E-state index contributed by atoms with van der Waals surface area (Å²) in [4.78, 5) is 0. The lowest BCUT2D eigenvalue weighted by molar-refractivity contribution is 0.619. The minimum absolute atomic E-state index is 0.153. The monoisotopic (exact) mass is 320 g/mol. The van der Waals surface area contributed by atoms with E-state index in [0.717, 1.165) is 24.0 Å². The summed E-state index contributed by atoms with van der Waals surface area (Å²) in [6.45, 7) is 2.17. The minimum Gasteiger partial charge on any atom is -0.205 e. The molecule has 0 atom stereocenters. The molecule has 0 nitrogen and oxygen atoms in total. The molecule has 0 aliphatic rings. The second-order valence-corrected chi connectivity index (χ2v) is 5.52. The predicted molar refractivity (Wildman–Crippen MR) is 82.8 cm³/mol. The maximum Gasteiger partial charge on any atom is 0.145 e. The van der Waals surface area contributed by atoms with Gasteiger partial charge in [0, 0.05) is 5.56 Å². The Morgan fingerprint density at radius 2 is 1.74 bits per heavy atom. The first-order valence-corrected chi connectivity index (χ1v) is 7.55. The van der Waals surface area contributed by atoms with Crippen LogP contribution in [0.25, 0.3) is 11.1 Å². The average Bonchev–Trinajstić information content (AvgIpc) is 2.45. The zero-order valence-corrected chi connectivity index (χ0v) is 12.7. The van der Waals surface area contributed by atoms with Crippen LogP contribution in [0.15, 0.2) is 46.9 Å². The summed E-state index contributed by atoms with van der Waals surface area (Å²) < 4.78 is 15.0. The minimum atomic E-state index is -0.153. The van der Waals surface area contributed by atoms with Gasteiger partial charge >= 0.3 is 0 Å². The lowest BCUT2D eigenvalue weighted by Gasteiger charge is -2.10. The molecule has 2 heteroatoms. The van der Waals surface area contributed by atoms with Gasteiger partial charge < -0.3 is 0 Å². The Hall–Kier alpha value is -1.15. The number of halogens is 2. The summed E-state index contributed by atoms with van der Waals surface area (Å²) in [7, 11) is 0. The van der Waals surface area contributed by atoms with E-state index in [1.54, 1.807) is 0 Å². The van der Waals surface area contributed by atoms with Gasteiger partial charge in [0.15, 0.2) is 0 Å². The van der Waals surface area contributed by atoms with Crippen LogP contribution >= 0.6 is 15.9 Å². The molecular weight excluding hydrogens is 303 g/mol. The highest BCUT2D eigenvalue weighted by Gasteiger charge is 2.12. The standard InChI is InChI=1S/C17H18BrF/c1-2-3-5-10-14-11-12-15(17(19)16(14)18)13-8-6-4-7-9-13/h4,6-9,11-12H,2-3,5,10H2,1H3. The van der Waals surface area contributed by atoms with Crippen LogP contribution < -0.4 is 0 Å². The lowest BCUT2D eigenvalue weighted by Crippen LogP contribution is -1.93. The first-order valence-electron chi connectivity index (χ1n) is 6.76. The van der Waals surface area contributed by atoms with Crippen molar-refractivity contribution in [2.24, 2.45) is 0 Å². The molecule has 0 aromatic heterocycles. The van der Waals surface area contributed by atoms with Gasteiger partial charge in [-0.05, 0) is 39.9 Å². The molecule has 0 saturated heterocycles. The van der Waals surface area contributed by atoms with Crippen LogP contribution in [0.1, 0.15) is 31.7 Å². The number of hydrogen-bond acceptors (Lipinski definition) is 0. The van der Waals surface area contributed by atoms with Gasteiger partial charge in [0.1, 0.15) is 5.82 Å². The van der Waals surface area contributed by atoms with Crippen molar-refractivity contribution in [3.05, 3.63) is 58.3 Å². The number of benzene rings is 2. The molecule has 0 aliphatic heterocycles. The Bertz CT molecular complexity index is 534.